The highest BCUT2D eigenvalue weighted by Crippen LogP contribution is 2.08. The monoisotopic (exact) mass is 508 g/mol. The Morgan fingerprint density at radius 3 is 1.82 bits per heavy atom. The number of thioether (sulfide) groups is 2. The molecule has 4 unspecified atom stereocenters. The summed E-state index contributed by atoms with van der Waals surface area (Å²) >= 11 is 2.95. The van der Waals surface area contributed by atoms with Crippen molar-refractivity contribution in [1.82, 2.24) is 16.0 Å². The molecule has 0 aromatic carbocycles. The minimum absolute atomic E-state index is 0.167. The van der Waals surface area contributed by atoms with Crippen LogP contribution in [0.3, 0.4) is 0 Å². The third-order valence-corrected chi connectivity index (χ3v) is 6.01. The minimum atomic E-state index is -1.28. The predicted octanol–water partition coefficient (Wildman–Crippen LogP) is -0.120. The van der Waals surface area contributed by atoms with Gasteiger partial charge >= 0.3 is 11.9 Å². The van der Waals surface area contributed by atoms with Crippen molar-refractivity contribution in [2.75, 3.05) is 24.0 Å². The Kier molecular flexibility index (Phi) is 15.6. The first-order valence-electron chi connectivity index (χ1n) is 10.5. The van der Waals surface area contributed by atoms with Gasteiger partial charge in [-0.1, -0.05) is 13.8 Å². The lowest BCUT2D eigenvalue weighted by Crippen LogP contribution is -2.58. The number of rotatable bonds is 17. The molecule has 0 aliphatic rings. The molecule has 0 saturated heterocycles. The fourth-order valence-corrected chi connectivity index (χ4v) is 3.70. The van der Waals surface area contributed by atoms with E-state index in [0.29, 0.717) is 17.9 Å². The number of carbonyl (C=O) groups excluding carboxylic acids is 3. The van der Waals surface area contributed by atoms with E-state index in [4.69, 9.17) is 10.8 Å². The maximum atomic E-state index is 12.9. The van der Waals surface area contributed by atoms with Crippen LogP contribution < -0.4 is 21.7 Å². The van der Waals surface area contributed by atoms with Gasteiger partial charge in [-0.25, -0.2) is 4.79 Å². The maximum Gasteiger partial charge on any atom is 0.326 e. The standard InChI is InChI=1S/C20H36N4O7S2/c1-11(2)16(24-17(27)12(21)7-9-32-3)19(29)22-13(5-6-15(25)26)18(28)23-14(20(30)31)8-10-33-4/h11-14,16H,5-10,21H2,1-4H3,(H,22,29)(H,23,28)(H,24,27)(H,25,26)(H,30,31). The normalized spacial score (nSPS) is 14.6. The van der Waals surface area contributed by atoms with Crippen LogP contribution in [-0.4, -0.2) is 88.1 Å². The summed E-state index contributed by atoms with van der Waals surface area (Å²) in [5, 5.41) is 25.8. The Balaban J connectivity index is 5.41. The van der Waals surface area contributed by atoms with Crippen LogP contribution in [0.15, 0.2) is 0 Å². The summed E-state index contributed by atoms with van der Waals surface area (Å²) in [5.74, 6) is -3.58. The molecule has 11 nitrogen and oxygen atoms in total. The van der Waals surface area contributed by atoms with Gasteiger partial charge in [-0.15, -0.1) is 0 Å². The van der Waals surface area contributed by atoms with Crippen LogP contribution in [0.4, 0.5) is 0 Å². The largest absolute Gasteiger partial charge is 0.481 e. The predicted molar refractivity (Wildman–Crippen MR) is 129 cm³/mol. The summed E-state index contributed by atoms with van der Waals surface area (Å²) in [6.07, 6.45) is 3.61. The fourth-order valence-electron chi connectivity index (χ4n) is 2.73. The molecule has 0 fully saturated rings. The zero-order valence-electron chi connectivity index (χ0n) is 19.5. The van der Waals surface area contributed by atoms with Crippen molar-refractivity contribution < 1.29 is 34.2 Å². The van der Waals surface area contributed by atoms with Crippen LogP contribution in [0.5, 0.6) is 0 Å². The third kappa shape index (κ3) is 12.7. The Labute approximate surface area is 202 Å². The molecule has 4 atom stereocenters. The first-order valence-corrected chi connectivity index (χ1v) is 13.3. The molecule has 0 aliphatic heterocycles. The first-order chi connectivity index (χ1) is 15.4. The van der Waals surface area contributed by atoms with Crippen molar-refractivity contribution >= 4 is 53.2 Å². The molecule has 0 rings (SSSR count). The van der Waals surface area contributed by atoms with Crippen molar-refractivity contribution in [3.05, 3.63) is 0 Å². The number of nitrogens with one attached hydrogen (secondary N) is 3. The van der Waals surface area contributed by atoms with E-state index >= 15 is 0 Å². The maximum absolute atomic E-state index is 12.9. The number of carboxylic acids is 2. The number of hydrogen-bond acceptors (Lipinski definition) is 8. The Bertz CT molecular complexity index is 679. The molecule has 0 spiro atoms. The van der Waals surface area contributed by atoms with E-state index in [1.807, 2.05) is 6.26 Å². The molecule has 3 amide bonds. The molecule has 0 bridgehead atoms. The molecular formula is C20H36N4O7S2. The van der Waals surface area contributed by atoms with Crippen molar-refractivity contribution in [2.24, 2.45) is 11.7 Å². The quantitative estimate of drug-likeness (QED) is 0.154. The lowest BCUT2D eigenvalue weighted by Gasteiger charge is -2.27. The van der Waals surface area contributed by atoms with Crippen LogP contribution in [0.25, 0.3) is 0 Å². The van der Waals surface area contributed by atoms with E-state index in [0.717, 1.165) is 0 Å². The van der Waals surface area contributed by atoms with E-state index in [1.165, 1.54) is 23.5 Å². The van der Waals surface area contributed by atoms with Gasteiger partial charge in [0, 0.05) is 6.42 Å². The van der Waals surface area contributed by atoms with Crippen molar-refractivity contribution in [3.8, 4) is 0 Å². The van der Waals surface area contributed by atoms with Crippen LogP contribution in [0, 0.1) is 5.92 Å². The number of nitrogens with two attached hydrogens (primary N) is 1. The summed E-state index contributed by atoms with van der Waals surface area (Å²) in [5.41, 5.74) is 5.86. The highest BCUT2D eigenvalue weighted by molar-refractivity contribution is 7.98. The number of aliphatic carboxylic acids is 2. The summed E-state index contributed by atoms with van der Waals surface area (Å²) < 4.78 is 0. The number of carbonyl (C=O) groups is 5. The average molecular weight is 509 g/mol. The van der Waals surface area contributed by atoms with Gasteiger partial charge in [0.15, 0.2) is 0 Å². The molecule has 0 radical (unpaired) electrons. The van der Waals surface area contributed by atoms with Gasteiger partial charge in [0.1, 0.15) is 18.1 Å². The highest BCUT2D eigenvalue weighted by Gasteiger charge is 2.31. The lowest BCUT2D eigenvalue weighted by molar-refractivity contribution is -0.143. The van der Waals surface area contributed by atoms with Crippen LogP contribution >= 0.6 is 23.5 Å². The van der Waals surface area contributed by atoms with Gasteiger partial charge in [0.25, 0.3) is 0 Å². The Morgan fingerprint density at radius 2 is 1.33 bits per heavy atom. The highest BCUT2D eigenvalue weighted by atomic mass is 32.2. The van der Waals surface area contributed by atoms with E-state index in [2.05, 4.69) is 16.0 Å². The van der Waals surface area contributed by atoms with E-state index in [1.54, 1.807) is 20.1 Å². The average Bonchev–Trinajstić information content (AvgIpc) is 2.74. The molecule has 13 heteroatoms. The second-order valence-electron chi connectivity index (χ2n) is 7.79. The van der Waals surface area contributed by atoms with Crippen LogP contribution in [0.1, 0.15) is 39.5 Å². The Morgan fingerprint density at radius 1 is 0.788 bits per heavy atom. The lowest BCUT2D eigenvalue weighted by atomic mass is 10.0. The molecule has 0 aromatic rings. The smallest absolute Gasteiger partial charge is 0.326 e. The SMILES string of the molecule is CSCCC(N)C(=O)NC(C(=O)NC(CCC(=O)O)C(=O)NC(CCSC)C(=O)O)C(C)C. The fraction of sp³-hybridized carbons (Fsp3) is 0.750. The molecular weight excluding hydrogens is 472 g/mol. The second kappa shape index (κ2) is 16.6. The van der Waals surface area contributed by atoms with Crippen molar-refractivity contribution in [2.45, 2.75) is 63.7 Å². The summed E-state index contributed by atoms with van der Waals surface area (Å²) in [6, 6.07) is -4.27. The molecule has 7 N–H and O–H groups in total. The minimum Gasteiger partial charge on any atom is -0.481 e. The van der Waals surface area contributed by atoms with Crippen LogP contribution in [-0.2, 0) is 24.0 Å². The van der Waals surface area contributed by atoms with E-state index < -0.39 is 60.2 Å². The van der Waals surface area contributed by atoms with Gasteiger partial charge in [-0.2, -0.15) is 23.5 Å². The van der Waals surface area contributed by atoms with Gasteiger partial charge < -0.3 is 31.9 Å². The topological polar surface area (TPSA) is 188 Å². The summed E-state index contributed by atoms with van der Waals surface area (Å²) in [6.45, 7) is 3.40. The molecule has 0 aromatic heterocycles. The molecule has 33 heavy (non-hydrogen) atoms. The van der Waals surface area contributed by atoms with Crippen molar-refractivity contribution in [1.29, 1.82) is 0 Å². The van der Waals surface area contributed by atoms with Gasteiger partial charge in [0.2, 0.25) is 17.7 Å². The number of hydrogen-bond donors (Lipinski definition) is 6. The molecule has 190 valence electrons. The number of amides is 3. The molecule has 0 aliphatic carbocycles. The Hall–Kier alpha value is -1.99. The van der Waals surface area contributed by atoms with E-state index in [9.17, 15) is 29.1 Å². The zero-order chi connectivity index (χ0) is 25.6. The third-order valence-electron chi connectivity index (χ3n) is 4.72. The number of carboxylic acid groups (broad SMARTS) is 2. The van der Waals surface area contributed by atoms with E-state index in [-0.39, 0.29) is 18.8 Å². The summed E-state index contributed by atoms with van der Waals surface area (Å²) in [7, 11) is 0. The van der Waals surface area contributed by atoms with Gasteiger partial charge in [-0.05, 0) is 49.2 Å². The van der Waals surface area contributed by atoms with Gasteiger partial charge in [-0.3, -0.25) is 19.2 Å². The second-order valence-corrected chi connectivity index (χ2v) is 9.76. The zero-order valence-corrected chi connectivity index (χ0v) is 21.1. The first kappa shape index (κ1) is 31.0. The van der Waals surface area contributed by atoms with Crippen LogP contribution in [0.2, 0.25) is 0 Å². The molecule has 0 saturated carbocycles. The summed E-state index contributed by atoms with van der Waals surface area (Å²) in [4.78, 5) is 60.4. The molecule has 0 heterocycles. The van der Waals surface area contributed by atoms with Crippen molar-refractivity contribution in [3.63, 3.8) is 0 Å². The van der Waals surface area contributed by atoms with Gasteiger partial charge in [0.05, 0.1) is 6.04 Å².